The van der Waals surface area contributed by atoms with Crippen molar-refractivity contribution in [1.29, 1.82) is 0 Å². The first-order valence-electron chi connectivity index (χ1n) is 9.12. The van der Waals surface area contributed by atoms with E-state index in [1.165, 1.54) is 25.1 Å². The molecule has 2 aliphatic rings. The molecule has 1 aromatic carbocycles. The van der Waals surface area contributed by atoms with Crippen molar-refractivity contribution in [2.45, 2.75) is 25.9 Å². The molecule has 126 valence electrons. The molecule has 0 unspecified atom stereocenters. The van der Waals surface area contributed by atoms with E-state index < -0.39 is 0 Å². The lowest BCUT2D eigenvalue weighted by molar-refractivity contribution is 0.184. The lowest BCUT2D eigenvalue weighted by Gasteiger charge is -2.29. The Morgan fingerprint density at radius 1 is 0.920 bits per heavy atom. The van der Waals surface area contributed by atoms with Crippen LogP contribution in [-0.2, 0) is 25.9 Å². The van der Waals surface area contributed by atoms with Crippen LogP contribution < -0.4 is 0 Å². The number of aromatic nitrogens is 3. The van der Waals surface area contributed by atoms with Gasteiger partial charge in [-0.15, -0.1) is 0 Å². The summed E-state index contributed by atoms with van der Waals surface area (Å²) >= 11 is 0. The van der Waals surface area contributed by atoms with E-state index in [-0.39, 0.29) is 0 Å². The van der Waals surface area contributed by atoms with Crippen molar-refractivity contribution in [2.24, 2.45) is 5.92 Å². The smallest absolute Gasteiger partial charge is 0.111 e. The highest BCUT2D eigenvalue weighted by Gasteiger charge is 2.26. The van der Waals surface area contributed by atoms with Gasteiger partial charge in [-0.3, -0.25) is 14.6 Å². The fraction of sp³-hybridized carbons (Fsp3) is 0.333. The van der Waals surface area contributed by atoms with Crippen molar-refractivity contribution in [1.82, 2.24) is 19.7 Å². The highest BCUT2D eigenvalue weighted by atomic mass is 15.3. The molecule has 0 spiro atoms. The summed E-state index contributed by atoms with van der Waals surface area (Å²) in [7, 11) is 0. The van der Waals surface area contributed by atoms with Crippen LogP contribution in [-0.4, -0.2) is 32.8 Å². The van der Waals surface area contributed by atoms with Crippen molar-refractivity contribution in [3.05, 3.63) is 71.5 Å². The minimum atomic E-state index is 0.752. The van der Waals surface area contributed by atoms with Crippen molar-refractivity contribution < 1.29 is 0 Å². The van der Waals surface area contributed by atoms with E-state index in [0.29, 0.717) is 0 Å². The molecular formula is C21H22N4. The van der Waals surface area contributed by atoms with Crippen LogP contribution in [0.25, 0.3) is 11.4 Å². The van der Waals surface area contributed by atoms with Gasteiger partial charge in [0.25, 0.3) is 0 Å². The SMILES string of the molecule is c1ccc(-c2cc3n(n2)CCN(CC2Cc4ccccc4C2)C3)nc1. The molecule has 0 N–H and O–H groups in total. The Balaban J connectivity index is 1.28. The van der Waals surface area contributed by atoms with Crippen LogP contribution >= 0.6 is 0 Å². The molecule has 1 aliphatic carbocycles. The van der Waals surface area contributed by atoms with E-state index in [9.17, 15) is 0 Å². The fourth-order valence-electron chi connectivity index (χ4n) is 4.26. The zero-order valence-corrected chi connectivity index (χ0v) is 14.3. The number of nitrogens with zero attached hydrogens (tertiary/aromatic N) is 4. The van der Waals surface area contributed by atoms with Crippen LogP contribution in [0.15, 0.2) is 54.7 Å². The third-order valence-electron chi connectivity index (χ3n) is 5.46. The first-order valence-corrected chi connectivity index (χ1v) is 9.12. The maximum atomic E-state index is 4.75. The second-order valence-electron chi connectivity index (χ2n) is 7.24. The summed E-state index contributed by atoms with van der Waals surface area (Å²) in [5.41, 5.74) is 6.36. The molecule has 0 radical (unpaired) electrons. The Morgan fingerprint density at radius 3 is 2.48 bits per heavy atom. The zero-order valence-electron chi connectivity index (χ0n) is 14.3. The summed E-state index contributed by atoms with van der Waals surface area (Å²) in [6, 6.07) is 17.1. The van der Waals surface area contributed by atoms with Gasteiger partial charge in [0, 0.05) is 25.8 Å². The van der Waals surface area contributed by atoms with Gasteiger partial charge in [-0.1, -0.05) is 30.3 Å². The summed E-state index contributed by atoms with van der Waals surface area (Å²) in [5.74, 6) is 0.752. The molecule has 0 saturated carbocycles. The summed E-state index contributed by atoms with van der Waals surface area (Å²) in [6.07, 6.45) is 4.29. The Bertz CT molecular complexity index is 859. The quantitative estimate of drug-likeness (QED) is 0.740. The summed E-state index contributed by atoms with van der Waals surface area (Å²) < 4.78 is 2.16. The van der Waals surface area contributed by atoms with E-state index in [0.717, 1.165) is 36.9 Å². The molecule has 5 rings (SSSR count). The van der Waals surface area contributed by atoms with E-state index in [1.807, 2.05) is 24.4 Å². The molecule has 0 atom stereocenters. The van der Waals surface area contributed by atoms with Crippen molar-refractivity contribution >= 4 is 0 Å². The third-order valence-corrected chi connectivity index (χ3v) is 5.46. The first kappa shape index (κ1) is 14.8. The Kier molecular flexibility index (Phi) is 3.63. The van der Waals surface area contributed by atoms with E-state index >= 15 is 0 Å². The van der Waals surface area contributed by atoms with Crippen molar-refractivity contribution in [2.75, 3.05) is 13.1 Å². The van der Waals surface area contributed by atoms with E-state index in [4.69, 9.17) is 5.10 Å². The number of hydrogen-bond acceptors (Lipinski definition) is 3. The highest BCUT2D eigenvalue weighted by Crippen LogP contribution is 2.28. The van der Waals surface area contributed by atoms with Gasteiger partial charge in [-0.2, -0.15) is 5.10 Å². The molecular weight excluding hydrogens is 308 g/mol. The molecule has 2 aromatic heterocycles. The molecule has 25 heavy (non-hydrogen) atoms. The molecule has 4 nitrogen and oxygen atoms in total. The maximum absolute atomic E-state index is 4.75. The van der Waals surface area contributed by atoms with Crippen LogP contribution in [0.2, 0.25) is 0 Å². The molecule has 4 heteroatoms. The van der Waals surface area contributed by atoms with Gasteiger partial charge in [0.1, 0.15) is 5.69 Å². The largest absolute Gasteiger partial charge is 0.295 e. The lowest BCUT2D eigenvalue weighted by Crippen LogP contribution is -2.37. The predicted molar refractivity (Wildman–Crippen MR) is 98.1 cm³/mol. The van der Waals surface area contributed by atoms with Gasteiger partial charge in [-0.25, -0.2) is 0 Å². The maximum Gasteiger partial charge on any atom is 0.111 e. The molecule has 1 aliphatic heterocycles. The van der Waals surface area contributed by atoms with Gasteiger partial charge in [0.05, 0.1) is 17.9 Å². The molecule has 3 heterocycles. The molecule has 0 amide bonds. The third kappa shape index (κ3) is 2.87. The second kappa shape index (κ2) is 6.12. The number of benzene rings is 1. The Labute approximate surface area is 148 Å². The van der Waals surface area contributed by atoms with E-state index in [1.54, 1.807) is 11.1 Å². The normalized spacial score (nSPS) is 17.4. The molecule has 0 fully saturated rings. The van der Waals surface area contributed by atoms with Gasteiger partial charge in [0.2, 0.25) is 0 Å². The van der Waals surface area contributed by atoms with Crippen LogP contribution in [0.3, 0.4) is 0 Å². The zero-order chi connectivity index (χ0) is 16.6. The van der Waals surface area contributed by atoms with E-state index in [2.05, 4.69) is 44.9 Å². The highest BCUT2D eigenvalue weighted by molar-refractivity contribution is 5.54. The van der Waals surface area contributed by atoms with Gasteiger partial charge in [-0.05, 0) is 48.1 Å². The Morgan fingerprint density at radius 2 is 1.72 bits per heavy atom. The number of rotatable bonds is 3. The lowest BCUT2D eigenvalue weighted by atomic mass is 10.1. The fourth-order valence-corrected chi connectivity index (χ4v) is 4.26. The molecule has 0 saturated heterocycles. The summed E-state index contributed by atoms with van der Waals surface area (Å²) in [4.78, 5) is 7.02. The second-order valence-corrected chi connectivity index (χ2v) is 7.24. The van der Waals surface area contributed by atoms with Crippen LogP contribution in [0, 0.1) is 5.92 Å². The number of pyridine rings is 1. The average molecular weight is 330 g/mol. The van der Waals surface area contributed by atoms with Crippen molar-refractivity contribution in [3.63, 3.8) is 0 Å². The van der Waals surface area contributed by atoms with Crippen LogP contribution in [0.1, 0.15) is 16.8 Å². The van der Waals surface area contributed by atoms with Crippen LogP contribution in [0.5, 0.6) is 0 Å². The van der Waals surface area contributed by atoms with Crippen molar-refractivity contribution in [3.8, 4) is 11.4 Å². The minimum absolute atomic E-state index is 0.752. The minimum Gasteiger partial charge on any atom is -0.295 e. The number of fused-ring (bicyclic) bond motifs is 2. The number of hydrogen-bond donors (Lipinski definition) is 0. The first-order chi connectivity index (χ1) is 12.3. The molecule has 3 aromatic rings. The standard InChI is InChI=1S/C21H22N4/c1-2-6-18-12-16(11-17(18)5-1)14-24-9-10-25-19(15-24)13-21(23-25)20-7-3-4-8-22-20/h1-8,13,16H,9-12,14-15H2. The summed E-state index contributed by atoms with van der Waals surface area (Å²) in [5, 5.41) is 4.75. The van der Waals surface area contributed by atoms with Gasteiger partial charge < -0.3 is 0 Å². The monoisotopic (exact) mass is 330 g/mol. The van der Waals surface area contributed by atoms with Crippen LogP contribution in [0.4, 0.5) is 0 Å². The summed E-state index contributed by atoms with van der Waals surface area (Å²) in [6.45, 7) is 4.23. The molecule has 0 bridgehead atoms. The van der Waals surface area contributed by atoms with Gasteiger partial charge in [0.15, 0.2) is 0 Å². The predicted octanol–water partition coefficient (Wildman–Crippen LogP) is 3.18. The topological polar surface area (TPSA) is 34.0 Å². The Hall–Kier alpha value is -2.46. The van der Waals surface area contributed by atoms with Gasteiger partial charge >= 0.3 is 0 Å². The average Bonchev–Trinajstić information content (AvgIpc) is 3.25.